The van der Waals surface area contributed by atoms with Gasteiger partial charge in [0.25, 0.3) is 5.69 Å². The second-order valence-electron chi connectivity index (χ2n) is 3.21. The molecule has 2 aromatic rings. The molecule has 0 aliphatic heterocycles. The van der Waals surface area contributed by atoms with Gasteiger partial charge in [-0.3, -0.25) is 10.1 Å². The Bertz CT molecular complexity index is 570. The number of non-ortho nitro benzene ring substituents is 1. The van der Waals surface area contributed by atoms with E-state index in [4.69, 9.17) is 16.0 Å². The first-order chi connectivity index (χ1) is 8.10. The van der Waals surface area contributed by atoms with Crippen molar-refractivity contribution in [1.29, 1.82) is 0 Å². The molecule has 1 aromatic carbocycles. The van der Waals surface area contributed by atoms with Gasteiger partial charge in [0.1, 0.15) is 0 Å². The maximum Gasteiger partial charge on any atom is 0.271 e. The van der Waals surface area contributed by atoms with Gasteiger partial charge in [-0.05, 0) is 6.07 Å². The molecule has 17 heavy (non-hydrogen) atoms. The Morgan fingerprint density at radius 2 is 2.24 bits per heavy atom. The summed E-state index contributed by atoms with van der Waals surface area (Å²) < 4.78 is 5.92. The van der Waals surface area contributed by atoms with E-state index in [9.17, 15) is 10.1 Å². The number of alkyl halides is 1. The van der Waals surface area contributed by atoms with E-state index in [2.05, 4.69) is 20.9 Å². The maximum atomic E-state index is 10.7. The Labute approximate surface area is 110 Å². The first-order valence-electron chi connectivity index (χ1n) is 4.56. The number of hydrogen-bond donors (Lipinski definition) is 0. The summed E-state index contributed by atoms with van der Waals surface area (Å²) in [6.45, 7) is 0. The van der Waals surface area contributed by atoms with Crippen LogP contribution in [0.3, 0.4) is 0 Å². The van der Waals surface area contributed by atoms with Crippen LogP contribution in [0.5, 0.6) is 0 Å². The van der Waals surface area contributed by atoms with Gasteiger partial charge in [-0.1, -0.05) is 15.9 Å². The Balaban J connectivity index is 2.47. The first kappa shape index (κ1) is 12.1. The van der Waals surface area contributed by atoms with Crippen LogP contribution in [0, 0.1) is 10.1 Å². The zero-order chi connectivity index (χ0) is 12.4. The van der Waals surface area contributed by atoms with Crippen molar-refractivity contribution in [1.82, 2.24) is 4.98 Å². The molecule has 0 radical (unpaired) electrons. The molecule has 0 aliphatic rings. The van der Waals surface area contributed by atoms with Crippen molar-refractivity contribution in [3.05, 3.63) is 44.9 Å². The quantitative estimate of drug-likeness (QED) is 0.491. The highest BCUT2D eigenvalue weighted by molar-refractivity contribution is 9.10. The lowest BCUT2D eigenvalue weighted by atomic mass is 10.1. The van der Waals surface area contributed by atoms with Gasteiger partial charge in [0.2, 0.25) is 5.89 Å². The molecule has 0 amide bonds. The van der Waals surface area contributed by atoms with Crippen LogP contribution in [0.15, 0.2) is 33.3 Å². The Morgan fingerprint density at radius 1 is 1.47 bits per heavy atom. The number of benzene rings is 1. The Hall–Kier alpha value is -1.40. The SMILES string of the molecule is O=[N+]([O-])c1cc(Br)cc(-c2cnc(CCl)o2)c1. The summed E-state index contributed by atoms with van der Waals surface area (Å²) in [6, 6.07) is 4.55. The lowest BCUT2D eigenvalue weighted by Gasteiger charge is -1.98. The van der Waals surface area contributed by atoms with Gasteiger partial charge in [-0.25, -0.2) is 4.98 Å². The van der Waals surface area contributed by atoms with Crippen molar-refractivity contribution >= 4 is 33.2 Å². The lowest BCUT2D eigenvalue weighted by Crippen LogP contribution is -1.88. The zero-order valence-corrected chi connectivity index (χ0v) is 10.7. The van der Waals surface area contributed by atoms with Crippen molar-refractivity contribution in [2.75, 3.05) is 0 Å². The second kappa shape index (κ2) is 4.85. The second-order valence-corrected chi connectivity index (χ2v) is 4.39. The average molecular weight is 318 g/mol. The molecule has 0 aliphatic carbocycles. The van der Waals surface area contributed by atoms with Gasteiger partial charge in [0.15, 0.2) is 5.76 Å². The molecule has 1 heterocycles. The number of oxazole rings is 1. The summed E-state index contributed by atoms with van der Waals surface area (Å²) in [5.74, 6) is 0.991. The molecule has 0 spiro atoms. The third-order valence-electron chi connectivity index (χ3n) is 2.05. The fourth-order valence-corrected chi connectivity index (χ4v) is 1.93. The number of nitro groups is 1. The molecule has 0 unspecified atom stereocenters. The van der Waals surface area contributed by atoms with Crippen LogP contribution in [0.4, 0.5) is 5.69 Å². The third-order valence-corrected chi connectivity index (χ3v) is 2.73. The van der Waals surface area contributed by atoms with Crippen LogP contribution in [0.2, 0.25) is 0 Å². The molecule has 0 fully saturated rings. The largest absolute Gasteiger partial charge is 0.439 e. The highest BCUT2D eigenvalue weighted by Crippen LogP contribution is 2.29. The van der Waals surface area contributed by atoms with Gasteiger partial charge in [-0.2, -0.15) is 0 Å². The summed E-state index contributed by atoms with van der Waals surface area (Å²) in [4.78, 5) is 14.2. The van der Waals surface area contributed by atoms with Gasteiger partial charge in [0.05, 0.1) is 17.0 Å². The average Bonchev–Trinajstić information content (AvgIpc) is 2.76. The van der Waals surface area contributed by atoms with Crippen LogP contribution in [-0.4, -0.2) is 9.91 Å². The van der Waals surface area contributed by atoms with Crippen molar-refractivity contribution in [3.63, 3.8) is 0 Å². The molecule has 0 N–H and O–H groups in total. The smallest absolute Gasteiger partial charge is 0.271 e. The first-order valence-corrected chi connectivity index (χ1v) is 5.89. The van der Waals surface area contributed by atoms with Gasteiger partial charge >= 0.3 is 0 Å². The number of aromatic nitrogens is 1. The Morgan fingerprint density at radius 3 is 2.82 bits per heavy atom. The fraction of sp³-hybridized carbons (Fsp3) is 0.100. The van der Waals surface area contributed by atoms with E-state index < -0.39 is 4.92 Å². The van der Waals surface area contributed by atoms with E-state index in [1.165, 1.54) is 18.3 Å². The number of rotatable bonds is 3. The highest BCUT2D eigenvalue weighted by Gasteiger charge is 2.12. The number of nitro benzene ring substituents is 1. The molecule has 2 rings (SSSR count). The normalized spacial score (nSPS) is 10.5. The van der Waals surface area contributed by atoms with Gasteiger partial charge in [0, 0.05) is 22.2 Å². The monoisotopic (exact) mass is 316 g/mol. The van der Waals surface area contributed by atoms with Crippen LogP contribution in [-0.2, 0) is 5.88 Å². The van der Waals surface area contributed by atoms with Crippen molar-refractivity contribution < 1.29 is 9.34 Å². The van der Waals surface area contributed by atoms with E-state index in [-0.39, 0.29) is 11.6 Å². The molecule has 1 aromatic heterocycles. The fourth-order valence-electron chi connectivity index (χ4n) is 1.33. The highest BCUT2D eigenvalue weighted by atomic mass is 79.9. The molecule has 5 nitrogen and oxygen atoms in total. The summed E-state index contributed by atoms with van der Waals surface area (Å²) in [5, 5.41) is 10.7. The minimum absolute atomic E-state index is 0.0156. The predicted octanol–water partition coefficient (Wildman–Crippen LogP) is 3.75. The van der Waals surface area contributed by atoms with Crippen LogP contribution in [0.1, 0.15) is 5.89 Å². The van der Waals surface area contributed by atoms with E-state index in [1.54, 1.807) is 6.07 Å². The topological polar surface area (TPSA) is 69.2 Å². The van der Waals surface area contributed by atoms with Crippen LogP contribution < -0.4 is 0 Å². The molecular formula is C10H6BrClN2O3. The van der Waals surface area contributed by atoms with Crippen molar-refractivity contribution in [2.45, 2.75) is 5.88 Å². The van der Waals surface area contributed by atoms with E-state index in [0.29, 0.717) is 21.7 Å². The minimum atomic E-state index is -0.465. The standard InChI is InChI=1S/C10H6BrClN2O3/c11-7-1-6(2-8(3-7)14(15)16)9-5-13-10(4-12)17-9/h1-3,5H,4H2. The molecule has 0 bridgehead atoms. The van der Waals surface area contributed by atoms with Crippen molar-refractivity contribution in [2.24, 2.45) is 0 Å². The van der Waals surface area contributed by atoms with Crippen LogP contribution >= 0.6 is 27.5 Å². The molecular weight excluding hydrogens is 311 g/mol. The summed E-state index contributed by atoms with van der Waals surface area (Å²) in [7, 11) is 0. The molecule has 7 heteroatoms. The number of hydrogen-bond acceptors (Lipinski definition) is 4. The lowest BCUT2D eigenvalue weighted by molar-refractivity contribution is -0.384. The summed E-state index contributed by atoms with van der Waals surface area (Å²) in [6.07, 6.45) is 1.49. The van der Waals surface area contributed by atoms with E-state index >= 15 is 0 Å². The number of halogens is 2. The van der Waals surface area contributed by atoms with Crippen LogP contribution in [0.25, 0.3) is 11.3 Å². The predicted molar refractivity (Wildman–Crippen MR) is 65.9 cm³/mol. The summed E-state index contributed by atoms with van der Waals surface area (Å²) in [5.41, 5.74) is 0.563. The molecule has 0 saturated heterocycles. The van der Waals surface area contributed by atoms with Gasteiger partial charge in [-0.15, -0.1) is 11.6 Å². The number of nitrogens with zero attached hydrogens (tertiary/aromatic N) is 2. The zero-order valence-electron chi connectivity index (χ0n) is 8.39. The van der Waals surface area contributed by atoms with Crippen molar-refractivity contribution in [3.8, 4) is 11.3 Å². The molecule has 0 saturated carbocycles. The van der Waals surface area contributed by atoms with E-state index in [1.807, 2.05) is 0 Å². The third kappa shape index (κ3) is 2.65. The molecule has 0 atom stereocenters. The van der Waals surface area contributed by atoms with Gasteiger partial charge < -0.3 is 4.42 Å². The minimum Gasteiger partial charge on any atom is -0.439 e. The maximum absolute atomic E-state index is 10.7. The summed E-state index contributed by atoms with van der Waals surface area (Å²) >= 11 is 8.78. The molecule has 88 valence electrons. The Kier molecular flexibility index (Phi) is 3.44. The van der Waals surface area contributed by atoms with E-state index in [0.717, 1.165) is 0 Å².